The van der Waals surface area contributed by atoms with E-state index in [-0.39, 0.29) is 0 Å². The average molecular weight is 267 g/mol. The first-order valence-electron chi connectivity index (χ1n) is 6.72. The van der Waals surface area contributed by atoms with Gasteiger partial charge in [-0.05, 0) is 26.5 Å². The highest BCUT2D eigenvalue weighted by atomic mass is 15.4. The van der Waals surface area contributed by atoms with E-state index in [1.807, 2.05) is 59.3 Å². The number of para-hydroxylation sites is 1. The molecule has 0 N–H and O–H groups in total. The summed E-state index contributed by atoms with van der Waals surface area (Å²) in [5.41, 5.74) is 3.62. The third kappa shape index (κ3) is 2.11. The summed E-state index contributed by atoms with van der Waals surface area (Å²) in [5, 5.41) is 4.57. The Hall–Kier alpha value is -2.43. The lowest BCUT2D eigenvalue weighted by Crippen LogP contribution is -2.33. The minimum atomic E-state index is 0.680. The molecule has 0 saturated carbocycles. The molecule has 0 amide bonds. The summed E-state index contributed by atoms with van der Waals surface area (Å²) >= 11 is 0. The van der Waals surface area contributed by atoms with Crippen molar-refractivity contribution in [2.45, 2.75) is 27.3 Å². The van der Waals surface area contributed by atoms with Crippen molar-refractivity contribution >= 4 is 11.5 Å². The number of fused-ring (bicyclic) bond motifs is 1. The van der Waals surface area contributed by atoms with Crippen LogP contribution in [0, 0.1) is 13.8 Å². The zero-order valence-electron chi connectivity index (χ0n) is 11.9. The fourth-order valence-electron chi connectivity index (χ4n) is 2.27. The Kier molecular flexibility index (Phi) is 3.10. The number of nitrogens with zero attached hydrogens (tertiary/aromatic N) is 5. The van der Waals surface area contributed by atoms with Gasteiger partial charge in [-0.25, -0.2) is 4.57 Å². The van der Waals surface area contributed by atoms with Gasteiger partial charge in [0.2, 0.25) is 0 Å². The Morgan fingerprint density at radius 1 is 1.25 bits per heavy atom. The maximum Gasteiger partial charge on any atom is 0.412 e. The van der Waals surface area contributed by atoms with Crippen LogP contribution in [0.3, 0.4) is 0 Å². The molecule has 0 fully saturated rings. The van der Waals surface area contributed by atoms with Crippen LogP contribution in [0.2, 0.25) is 0 Å². The fraction of sp³-hybridized carbons (Fsp3) is 0.267. The Bertz CT molecular complexity index is 811. The molecule has 20 heavy (non-hydrogen) atoms. The number of rotatable bonds is 2. The second kappa shape index (κ2) is 4.92. The summed E-state index contributed by atoms with van der Waals surface area (Å²) in [7, 11) is 0. The highest BCUT2D eigenvalue weighted by molar-refractivity contribution is 5.35. The number of hydrogen-bond acceptors (Lipinski definition) is 2. The van der Waals surface area contributed by atoms with Gasteiger partial charge in [-0.3, -0.25) is 0 Å². The molecule has 3 aromatic rings. The third-order valence-corrected chi connectivity index (χ3v) is 3.19. The number of benzene rings is 1. The van der Waals surface area contributed by atoms with Crippen LogP contribution in [0.15, 0.2) is 41.4 Å². The molecule has 0 aliphatic carbocycles. The average Bonchev–Trinajstić information content (AvgIpc) is 2.77. The monoisotopic (exact) mass is 267 g/mol. The van der Waals surface area contributed by atoms with E-state index < -0.39 is 0 Å². The van der Waals surface area contributed by atoms with E-state index >= 15 is 0 Å². The molecule has 2 aromatic heterocycles. The van der Waals surface area contributed by atoms with Crippen LogP contribution < -0.4 is 15.2 Å². The molecular formula is C15H17N5. The molecule has 2 heterocycles. The van der Waals surface area contributed by atoms with E-state index in [0.29, 0.717) is 5.62 Å². The molecule has 3 rings (SSSR count). The van der Waals surface area contributed by atoms with Crippen LogP contribution in [0.5, 0.6) is 0 Å². The van der Waals surface area contributed by atoms with Gasteiger partial charge in [0, 0.05) is 6.07 Å². The van der Waals surface area contributed by atoms with Crippen LogP contribution in [0.25, 0.3) is 5.78 Å². The van der Waals surface area contributed by atoms with Crippen molar-refractivity contribution in [3.63, 3.8) is 0 Å². The van der Waals surface area contributed by atoms with E-state index in [4.69, 9.17) is 0 Å². The molecule has 0 atom stereocenters. The minimum Gasteiger partial charge on any atom is -0.331 e. The normalized spacial score (nSPS) is 12.2. The zero-order valence-corrected chi connectivity index (χ0v) is 11.9. The maximum atomic E-state index is 4.61. The van der Waals surface area contributed by atoms with Gasteiger partial charge in [-0.2, -0.15) is 9.61 Å². The second-order valence-corrected chi connectivity index (χ2v) is 4.74. The second-order valence-electron chi connectivity index (χ2n) is 4.74. The smallest absolute Gasteiger partial charge is 0.331 e. The van der Waals surface area contributed by atoms with Gasteiger partial charge >= 0.3 is 5.78 Å². The quantitative estimate of drug-likeness (QED) is 0.660. The Labute approximate surface area is 117 Å². The van der Waals surface area contributed by atoms with Crippen LogP contribution in [0.4, 0.5) is 5.69 Å². The van der Waals surface area contributed by atoms with Crippen LogP contribution in [-0.2, 0) is 6.54 Å². The molecule has 5 nitrogen and oxygen atoms in total. The molecule has 0 spiro atoms. The molecule has 0 aliphatic heterocycles. The number of aryl methyl sites for hydroxylation is 3. The van der Waals surface area contributed by atoms with Gasteiger partial charge in [0.15, 0.2) is 5.62 Å². The third-order valence-electron chi connectivity index (χ3n) is 3.19. The van der Waals surface area contributed by atoms with Crippen molar-refractivity contribution < 1.29 is 4.52 Å². The first-order chi connectivity index (χ1) is 9.69. The molecule has 0 bridgehead atoms. The van der Waals surface area contributed by atoms with Crippen molar-refractivity contribution in [1.82, 2.24) is 14.6 Å². The van der Waals surface area contributed by atoms with Gasteiger partial charge in [0.05, 0.1) is 12.2 Å². The Balaban J connectivity index is 2.32. The molecule has 0 saturated heterocycles. The van der Waals surface area contributed by atoms with Crippen molar-refractivity contribution in [3.05, 3.63) is 53.4 Å². The summed E-state index contributed by atoms with van der Waals surface area (Å²) in [4.78, 5) is 9.18. The lowest BCUT2D eigenvalue weighted by Gasteiger charge is -1.96. The van der Waals surface area contributed by atoms with Crippen molar-refractivity contribution in [2.24, 2.45) is 4.99 Å². The lowest BCUT2D eigenvalue weighted by molar-refractivity contribution is -0.594. The first-order valence-corrected chi connectivity index (χ1v) is 6.72. The molecule has 1 aromatic carbocycles. The molecule has 0 unspecified atom stereocenters. The van der Waals surface area contributed by atoms with Gasteiger partial charge in [0.1, 0.15) is 5.69 Å². The number of aromatic nitrogens is 4. The molecule has 0 aliphatic rings. The Morgan fingerprint density at radius 3 is 2.70 bits per heavy atom. The maximum absolute atomic E-state index is 4.61. The summed E-state index contributed by atoms with van der Waals surface area (Å²) in [6.45, 7) is 6.88. The summed E-state index contributed by atoms with van der Waals surface area (Å²) in [5.74, 6) is 0.833. The first kappa shape index (κ1) is 12.6. The predicted molar refractivity (Wildman–Crippen MR) is 75.5 cm³/mol. The molecule has 5 heteroatoms. The van der Waals surface area contributed by atoms with E-state index in [1.54, 1.807) is 0 Å². The van der Waals surface area contributed by atoms with Gasteiger partial charge in [0.25, 0.3) is 0 Å². The van der Waals surface area contributed by atoms with E-state index in [1.165, 1.54) is 0 Å². The van der Waals surface area contributed by atoms with Crippen LogP contribution >= 0.6 is 0 Å². The van der Waals surface area contributed by atoms with Crippen molar-refractivity contribution in [3.8, 4) is 0 Å². The van der Waals surface area contributed by atoms with E-state index in [2.05, 4.69) is 22.0 Å². The van der Waals surface area contributed by atoms with Crippen LogP contribution in [0.1, 0.15) is 18.3 Å². The number of hydrogen-bond donors (Lipinski definition) is 0. The SMILES string of the molecule is CCn1c(=Nc2ccccc2)[n-][n+]2c(C)cc(C)nc12. The molecule has 0 radical (unpaired) electrons. The van der Waals surface area contributed by atoms with E-state index in [9.17, 15) is 0 Å². The topological polar surface area (TPSA) is 48.4 Å². The Morgan fingerprint density at radius 2 is 2.00 bits per heavy atom. The van der Waals surface area contributed by atoms with Gasteiger partial charge in [-0.15, -0.1) is 0 Å². The molecule has 102 valence electrons. The summed E-state index contributed by atoms with van der Waals surface area (Å²) in [6.07, 6.45) is 0. The van der Waals surface area contributed by atoms with Crippen LogP contribution in [-0.4, -0.2) is 9.55 Å². The van der Waals surface area contributed by atoms with Crippen molar-refractivity contribution in [1.29, 1.82) is 0 Å². The van der Waals surface area contributed by atoms with Gasteiger partial charge < -0.3 is 4.99 Å². The predicted octanol–water partition coefficient (Wildman–Crippen LogP) is 1.45. The standard InChI is InChI=1S/C15H17N5/c1-4-19-14(17-13-8-6-5-7-9-13)18-20-12(3)10-11(2)16-15(19)20/h5-10H,4H2,1-3H3. The zero-order chi connectivity index (χ0) is 14.1. The highest BCUT2D eigenvalue weighted by Crippen LogP contribution is 2.07. The molecular weight excluding hydrogens is 250 g/mol. The largest absolute Gasteiger partial charge is 0.412 e. The minimum absolute atomic E-state index is 0.680. The lowest BCUT2D eigenvalue weighted by atomic mass is 10.3. The summed E-state index contributed by atoms with van der Waals surface area (Å²) < 4.78 is 3.87. The summed E-state index contributed by atoms with van der Waals surface area (Å²) in [6, 6.07) is 11.9. The fourth-order valence-corrected chi connectivity index (χ4v) is 2.27. The van der Waals surface area contributed by atoms with Crippen molar-refractivity contribution in [2.75, 3.05) is 0 Å². The van der Waals surface area contributed by atoms with E-state index in [0.717, 1.165) is 29.4 Å². The highest BCUT2D eigenvalue weighted by Gasteiger charge is 2.13. The van der Waals surface area contributed by atoms with Gasteiger partial charge in [-0.1, -0.05) is 35.3 Å².